The number of likely N-dealkylation sites (tertiary alicyclic amines) is 1. The largest absolute Gasteiger partial charge is 0.379 e. The Hall–Kier alpha value is 0.270. The molecule has 3 heteroatoms. The van der Waals surface area contributed by atoms with Crippen molar-refractivity contribution in [1.82, 2.24) is 4.90 Å². The molecule has 0 spiro atoms. The zero-order chi connectivity index (χ0) is 10.4. The molecule has 0 aromatic rings. The lowest BCUT2D eigenvalue weighted by molar-refractivity contribution is 0.0803. The second kappa shape index (κ2) is 6.70. The second-order valence-electron chi connectivity index (χ2n) is 4.54. The van der Waals surface area contributed by atoms with Crippen molar-refractivity contribution in [3.63, 3.8) is 0 Å². The van der Waals surface area contributed by atoms with Crippen molar-refractivity contribution in [2.24, 2.45) is 11.8 Å². The minimum absolute atomic E-state index is 0.780. The van der Waals surface area contributed by atoms with Gasteiger partial charge in [0.25, 0.3) is 0 Å². The van der Waals surface area contributed by atoms with E-state index in [-0.39, 0.29) is 0 Å². The molecule has 0 saturated carbocycles. The Morgan fingerprint density at radius 1 is 1.21 bits per heavy atom. The minimum atomic E-state index is 0.780. The van der Waals surface area contributed by atoms with Gasteiger partial charge in [-0.05, 0) is 18.3 Å². The van der Waals surface area contributed by atoms with Gasteiger partial charge in [0.1, 0.15) is 0 Å². The Kier molecular flexibility index (Phi) is 5.90. The third kappa shape index (κ3) is 4.67. The van der Waals surface area contributed by atoms with Crippen molar-refractivity contribution in [2.45, 2.75) is 20.3 Å². The molecule has 84 valence electrons. The molecular weight excluding hydrogens is 194 g/mol. The van der Waals surface area contributed by atoms with Gasteiger partial charge in [0.05, 0.1) is 13.2 Å². The first-order valence-electron chi connectivity index (χ1n) is 5.63. The molecule has 1 aliphatic heterocycles. The molecule has 1 aliphatic rings. The predicted octanol–water partition coefficient (Wildman–Crippen LogP) is 1.91. The molecule has 2 nitrogen and oxygen atoms in total. The summed E-state index contributed by atoms with van der Waals surface area (Å²) in [5.41, 5.74) is 0. The highest BCUT2D eigenvalue weighted by Gasteiger charge is 2.20. The van der Waals surface area contributed by atoms with Crippen molar-refractivity contribution >= 4 is 12.6 Å². The van der Waals surface area contributed by atoms with Crippen molar-refractivity contribution in [1.29, 1.82) is 0 Å². The van der Waals surface area contributed by atoms with Gasteiger partial charge in [-0.1, -0.05) is 13.8 Å². The lowest BCUT2D eigenvalue weighted by atomic mass is 9.92. The van der Waals surface area contributed by atoms with Crippen molar-refractivity contribution in [3.8, 4) is 0 Å². The zero-order valence-corrected chi connectivity index (χ0v) is 10.3. The highest BCUT2D eigenvalue weighted by molar-refractivity contribution is 7.80. The Labute approximate surface area is 93.4 Å². The van der Waals surface area contributed by atoms with Gasteiger partial charge in [-0.25, -0.2) is 0 Å². The monoisotopic (exact) mass is 217 g/mol. The second-order valence-corrected chi connectivity index (χ2v) is 4.99. The molecule has 2 unspecified atom stereocenters. The Balaban J connectivity index is 2.10. The minimum Gasteiger partial charge on any atom is -0.379 e. The lowest BCUT2D eigenvalue weighted by Crippen LogP contribution is -2.40. The lowest BCUT2D eigenvalue weighted by Gasteiger charge is -2.34. The Morgan fingerprint density at radius 2 is 1.86 bits per heavy atom. The van der Waals surface area contributed by atoms with Gasteiger partial charge in [-0.3, -0.25) is 0 Å². The molecule has 0 aromatic carbocycles. The van der Waals surface area contributed by atoms with E-state index in [1.54, 1.807) is 0 Å². The molecular formula is C11H23NOS. The van der Waals surface area contributed by atoms with E-state index in [4.69, 9.17) is 4.74 Å². The topological polar surface area (TPSA) is 12.5 Å². The van der Waals surface area contributed by atoms with E-state index in [2.05, 4.69) is 31.4 Å². The quantitative estimate of drug-likeness (QED) is 0.558. The number of piperidine rings is 1. The zero-order valence-electron chi connectivity index (χ0n) is 9.41. The van der Waals surface area contributed by atoms with Gasteiger partial charge in [0.2, 0.25) is 0 Å². The number of hydrogen-bond acceptors (Lipinski definition) is 3. The van der Waals surface area contributed by atoms with Gasteiger partial charge in [-0.15, -0.1) is 0 Å². The number of thiol groups is 1. The first-order chi connectivity index (χ1) is 6.72. The van der Waals surface area contributed by atoms with Crippen molar-refractivity contribution in [2.75, 3.05) is 38.6 Å². The van der Waals surface area contributed by atoms with Crippen LogP contribution in [0.3, 0.4) is 0 Å². The first kappa shape index (κ1) is 12.3. The van der Waals surface area contributed by atoms with Crippen LogP contribution in [0.5, 0.6) is 0 Å². The van der Waals surface area contributed by atoms with Gasteiger partial charge in [0, 0.05) is 25.4 Å². The third-order valence-corrected chi connectivity index (χ3v) is 2.91. The molecule has 14 heavy (non-hydrogen) atoms. The molecule has 0 N–H and O–H groups in total. The fraction of sp³-hybridized carbons (Fsp3) is 1.00. The molecule has 0 amide bonds. The van der Waals surface area contributed by atoms with Crippen molar-refractivity contribution < 1.29 is 4.74 Å². The van der Waals surface area contributed by atoms with E-state index in [1.807, 2.05) is 0 Å². The summed E-state index contributed by atoms with van der Waals surface area (Å²) in [6.45, 7) is 9.90. The first-order valence-corrected chi connectivity index (χ1v) is 6.26. The van der Waals surface area contributed by atoms with Crippen LogP contribution in [0.15, 0.2) is 0 Å². The number of ether oxygens (including phenoxy) is 1. The van der Waals surface area contributed by atoms with Gasteiger partial charge >= 0.3 is 0 Å². The highest BCUT2D eigenvalue weighted by atomic mass is 32.1. The van der Waals surface area contributed by atoms with Crippen LogP contribution >= 0.6 is 12.6 Å². The molecule has 2 atom stereocenters. The van der Waals surface area contributed by atoms with E-state index in [9.17, 15) is 0 Å². The van der Waals surface area contributed by atoms with Gasteiger partial charge < -0.3 is 9.64 Å². The van der Waals surface area contributed by atoms with Crippen LogP contribution in [-0.4, -0.2) is 43.5 Å². The third-order valence-electron chi connectivity index (χ3n) is 2.73. The molecule has 0 aliphatic carbocycles. The standard InChI is InChI=1S/C11H23NOS/c1-10-7-11(2)9-12(8-10)3-4-13-5-6-14/h10-11,14H,3-9H2,1-2H3. The van der Waals surface area contributed by atoms with Crippen LogP contribution in [0.2, 0.25) is 0 Å². The van der Waals surface area contributed by atoms with Crippen LogP contribution in [0.1, 0.15) is 20.3 Å². The number of nitrogens with zero attached hydrogens (tertiary/aromatic N) is 1. The fourth-order valence-corrected chi connectivity index (χ4v) is 2.46. The molecule has 1 fully saturated rings. The smallest absolute Gasteiger partial charge is 0.0593 e. The number of rotatable bonds is 5. The Morgan fingerprint density at radius 3 is 2.43 bits per heavy atom. The molecule has 0 bridgehead atoms. The summed E-state index contributed by atoms with van der Waals surface area (Å²) >= 11 is 4.11. The summed E-state index contributed by atoms with van der Waals surface area (Å²) in [7, 11) is 0. The van der Waals surface area contributed by atoms with E-state index in [1.165, 1.54) is 19.5 Å². The fourth-order valence-electron chi connectivity index (χ4n) is 2.33. The maximum Gasteiger partial charge on any atom is 0.0593 e. The van der Waals surface area contributed by atoms with E-state index in [0.717, 1.165) is 37.3 Å². The van der Waals surface area contributed by atoms with E-state index in [0.29, 0.717) is 0 Å². The van der Waals surface area contributed by atoms with Crippen LogP contribution in [0.25, 0.3) is 0 Å². The van der Waals surface area contributed by atoms with Crippen LogP contribution in [0, 0.1) is 11.8 Å². The molecule has 0 radical (unpaired) electrons. The van der Waals surface area contributed by atoms with Crippen LogP contribution < -0.4 is 0 Å². The summed E-state index contributed by atoms with van der Waals surface area (Å²) in [5.74, 6) is 2.53. The average molecular weight is 217 g/mol. The highest BCUT2D eigenvalue weighted by Crippen LogP contribution is 2.20. The van der Waals surface area contributed by atoms with Crippen LogP contribution in [0.4, 0.5) is 0 Å². The number of hydrogen-bond donors (Lipinski definition) is 1. The maximum atomic E-state index is 5.44. The van der Waals surface area contributed by atoms with E-state index < -0.39 is 0 Å². The van der Waals surface area contributed by atoms with Gasteiger partial charge in [0.15, 0.2) is 0 Å². The summed E-state index contributed by atoms with van der Waals surface area (Å²) in [6, 6.07) is 0. The molecule has 0 aromatic heterocycles. The van der Waals surface area contributed by atoms with Crippen LogP contribution in [-0.2, 0) is 4.74 Å². The maximum absolute atomic E-state index is 5.44. The molecule has 1 saturated heterocycles. The molecule has 1 heterocycles. The van der Waals surface area contributed by atoms with E-state index >= 15 is 0 Å². The SMILES string of the molecule is CC1CC(C)CN(CCOCCS)C1. The summed E-state index contributed by atoms with van der Waals surface area (Å²) in [6.07, 6.45) is 1.38. The van der Waals surface area contributed by atoms with Gasteiger partial charge in [-0.2, -0.15) is 12.6 Å². The normalized spacial score (nSPS) is 29.4. The molecule has 1 rings (SSSR count). The summed E-state index contributed by atoms with van der Waals surface area (Å²) < 4.78 is 5.44. The summed E-state index contributed by atoms with van der Waals surface area (Å²) in [4.78, 5) is 2.53. The van der Waals surface area contributed by atoms with Crippen molar-refractivity contribution in [3.05, 3.63) is 0 Å². The predicted molar refractivity (Wildman–Crippen MR) is 64.1 cm³/mol. The average Bonchev–Trinajstić information content (AvgIpc) is 2.11. The summed E-state index contributed by atoms with van der Waals surface area (Å²) in [5, 5.41) is 0. The Bertz CT molecular complexity index is 144.